The molecule has 0 unspecified atom stereocenters. The van der Waals surface area contributed by atoms with Crippen molar-refractivity contribution in [1.82, 2.24) is 0 Å². The van der Waals surface area contributed by atoms with Gasteiger partial charge in [-0.3, -0.25) is 0 Å². The summed E-state index contributed by atoms with van der Waals surface area (Å²) < 4.78 is 6.42. The lowest BCUT2D eigenvalue weighted by Gasteiger charge is -2.39. The van der Waals surface area contributed by atoms with E-state index < -0.39 is 8.32 Å². The normalized spacial score (nSPS) is 14.2. The van der Waals surface area contributed by atoms with E-state index in [-0.39, 0.29) is 17.7 Å². The largest absolute Gasteiger partial charge is 0.406 e. The summed E-state index contributed by atoms with van der Waals surface area (Å²) in [5.41, 5.74) is 1.78. The first kappa shape index (κ1) is 16.2. The Labute approximate surface area is 118 Å². The number of rotatable bonds is 5. The van der Waals surface area contributed by atoms with Gasteiger partial charge in [-0.15, -0.1) is 0 Å². The molecule has 1 atom stereocenters. The van der Waals surface area contributed by atoms with Gasteiger partial charge in [-0.25, -0.2) is 0 Å². The number of aliphatic hydroxyl groups is 1. The van der Waals surface area contributed by atoms with Gasteiger partial charge in [0.05, 0.1) is 12.7 Å². The van der Waals surface area contributed by atoms with Crippen molar-refractivity contribution in [2.45, 2.75) is 45.0 Å². The minimum absolute atomic E-state index is 0.0474. The Morgan fingerprint density at radius 1 is 1.26 bits per heavy atom. The van der Waals surface area contributed by atoms with Gasteiger partial charge in [-0.2, -0.15) is 0 Å². The first-order chi connectivity index (χ1) is 8.69. The molecule has 0 amide bonds. The van der Waals surface area contributed by atoms with Gasteiger partial charge >= 0.3 is 0 Å². The van der Waals surface area contributed by atoms with E-state index in [1.807, 2.05) is 30.3 Å². The standard InChI is InChI=1S/C16H26O2Si/c1-13(12-17)15(14-10-8-7-9-11-14)18-19(5,6)16(2,3)4/h7-11,15,17H,1,12H2,2-6H3/t15-/m1/s1. The molecular formula is C16H26O2Si. The zero-order chi connectivity index (χ0) is 14.7. The van der Waals surface area contributed by atoms with E-state index in [1.54, 1.807) is 0 Å². The summed E-state index contributed by atoms with van der Waals surface area (Å²) in [6.45, 7) is 15.0. The number of aliphatic hydroxyl groups excluding tert-OH is 1. The van der Waals surface area contributed by atoms with Crippen molar-refractivity contribution in [3.63, 3.8) is 0 Å². The van der Waals surface area contributed by atoms with Gasteiger partial charge in [0.15, 0.2) is 8.32 Å². The second-order valence-corrected chi connectivity index (χ2v) is 11.2. The summed E-state index contributed by atoms with van der Waals surface area (Å²) in [5, 5.41) is 9.54. The maximum atomic E-state index is 9.40. The molecule has 0 aliphatic heterocycles. The van der Waals surface area contributed by atoms with Gasteiger partial charge in [0.25, 0.3) is 0 Å². The molecule has 0 aliphatic rings. The average molecular weight is 278 g/mol. The summed E-state index contributed by atoms with van der Waals surface area (Å²) >= 11 is 0. The van der Waals surface area contributed by atoms with Crippen LogP contribution >= 0.6 is 0 Å². The highest BCUT2D eigenvalue weighted by Gasteiger charge is 2.39. The number of hydrogen-bond donors (Lipinski definition) is 1. The molecule has 3 heteroatoms. The van der Waals surface area contributed by atoms with Crippen LogP contribution in [0.1, 0.15) is 32.4 Å². The maximum Gasteiger partial charge on any atom is 0.193 e. The van der Waals surface area contributed by atoms with Crippen molar-refractivity contribution in [2.24, 2.45) is 0 Å². The zero-order valence-corrected chi connectivity index (χ0v) is 13.7. The highest BCUT2D eigenvalue weighted by Crippen LogP contribution is 2.41. The van der Waals surface area contributed by atoms with Gasteiger partial charge in [0, 0.05) is 0 Å². The van der Waals surface area contributed by atoms with Crippen LogP contribution in [0.2, 0.25) is 18.1 Å². The van der Waals surface area contributed by atoms with Crippen molar-refractivity contribution in [2.75, 3.05) is 6.61 Å². The molecule has 1 rings (SSSR count). The lowest BCUT2D eigenvalue weighted by atomic mass is 10.0. The summed E-state index contributed by atoms with van der Waals surface area (Å²) in [6.07, 6.45) is -0.216. The Hall–Kier alpha value is -0.903. The molecule has 0 heterocycles. The van der Waals surface area contributed by atoms with Crippen molar-refractivity contribution >= 4 is 8.32 Å². The highest BCUT2D eigenvalue weighted by atomic mass is 28.4. The van der Waals surface area contributed by atoms with Gasteiger partial charge < -0.3 is 9.53 Å². The Bertz CT molecular complexity index is 418. The van der Waals surface area contributed by atoms with Crippen LogP contribution in [0.4, 0.5) is 0 Å². The van der Waals surface area contributed by atoms with Crippen molar-refractivity contribution in [1.29, 1.82) is 0 Å². The van der Waals surface area contributed by atoms with Gasteiger partial charge in [-0.1, -0.05) is 57.7 Å². The highest BCUT2D eigenvalue weighted by molar-refractivity contribution is 6.74. The number of hydrogen-bond acceptors (Lipinski definition) is 2. The molecule has 1 aromatic carbocycles. The molecule has 1 N–H and O–H groups in total. The van der Waals surface area contributed by atoms with Crippen molar-refractivity contribution in [3.8, 4) is 0 Å². The molecule has 0 aromatic heterocycles. The van der Waals surface area contributed by atoms with E-state index in [0.29, 0.717) is 0 Å². The molecule has 106 valence electrons. The predicted octanol–water partition coefficient (Wildman–Crippen LogP) is 4.30. The average Bonchev–Trinajstić information content (AvgIpc) is 2.35. The Morgan fingerprint density at radius 2 is 1.79 bits per heavy atom. The van der Waals surface area contributed by atoms with Crippen LogP contribution in [-0.4, -0.2) is 20.0 Å². The molecule has 19 heavy (non-hydrogen) atoms. The molecule has 0 bridgehead atoms. The van der Waals surface area contributed by atoms with Crippen LogP contribution in [0, 0.1) is 0 Å². The molecule has 0 aliphatic carbocycles. The number of benzene rings is 1. The predicted molar refractivity (Wildman–Crippen MR) is 83.7 cm³/mol. The first-order valence-electron chi connectivity index (χ1n) is 6.70. The quantitative estimate of drug-likeness (QED) is 0.643. The van der Waals surface area contributed by atoms with Crippen LogP contribution in [0.15, 0.2) is 42.5 Å². The Kier molecular flexibility index (Phi) is 5.13. The summed E-state index contributed by atoms with van der Waals surface area (Å²) in [7, 11) is -1.90. The lowest BCUT2D eigenvalue weighted by molar-refractivity contribution is 0.195. The topological polar surface area (TPSA) is 29.5 Å². The van der Waals surface area contributed by atoms with E-state index in [2.05, 4.69) is 40.4 Å². The lowest BCUT2D eigenvalue weighted by Crippen LogP contribution is -2.42. The molecule has 0 fully saturated rings. The molecule has 1 aromatic rings. The molecule has 0 saturated carbocycles. The van der Waals surface area contributed by atoms with E-state index >= 15 is 0 Å². The smallest absolute Gasteiger partial charge is 0.193 e. The maximum absolute atomic E-state index is 9.40. The third-order valence-corrected chi connectivity index (χ3v) is 8.33. The van der Waals surface area contributed by atoms with Crippen molar-refractivity contribution < 1.29 is 9.53 Å². The minimum Gasteiger partial charge on any atom is -0.406 e. The van der Waals surface area contributed by atoms with Crippen LogP contribution in [0.3, 0.4) is 0 Å². The van der Waals surface area contributed by atoms with Crippen LogP contribution in [0.5, 0.6) is 0 Å². The monoisotopic (exact) mass is 278 g/mol. The molecule has 0 spiro atoms. The fourth-order valence-electron chi connectivity index (χ4n) is 1.57. The summed E-state index contributed by atoms with van der Waals surface area (Å²) in [4.78, 5) is 0. The second-order valence-electron chi connectivity index (χ2n) is 6.49. The van der Waals surface area contributed by atoms with E-state index in [0.717, 1.165) is 11.1 Å². The third-order valence-electron chi connectivity index (χ3n) is 3.89. The van der Waals surface area contributed by atoms with Crippen LogP contribution in [0.25, 0.3) is 0 Å². The van der Waals surface area contributed by atoms with Crippen LogP contribution in [-0.2, 0) is 4.43 Å². The minimum atomic E-state index is -1.90. The molecular weight excluding hydrogens is 252 g/mol. The summed E-state index contributed by atoms with van der Waals surface area (Å²) in [6, 6.07) is 10.0. The zero-order valence-electron chi connectivity index (χ0n) is 12.7. The Morgan fingerprint density at radius 3 is 2.21 bits per heavy atom. The van der Waals surface area contributed by atoms with E-state index in [4.69, 9.17) is 4.43 Å². The molecule has 0 radical (unpaired) electrons. The van der Waals surface area contributed by atoms with Gasteiger partial charge in [0.1, 0.15) is 0 Å². The SMILES string of the molecule is C=C(CO)[C@@H](O[Si](C)(C)C(C)(C)C)c1ccccc1. The van der Waals surface area contributed by atoms with E-state index in [1.165, 1.54) is 0 Å². The second kappa shape index (κ2) is 6.03. The van der Waals surface area contributed by atoms with Gasteiger partial charge in [-0.05, 0) is 29.3 Å². The van der Waals surface area contributed by atoms with Crippen molar-refractivity contribution in [3.05, 3.63) is 48.0 Å². The third kappa shape index (κ3) is 4.03. The van der Waals surface area contributed by atoms with Crippen LogP contribution < -0.4 is 0 Å². The molecule has 2 nitrogen and oxygen atoms in total. The summed E-state index contributed by atoms with van der Waals surface area (Å²) in [5.74, 6) is 0. The van der Waals surface area contributed by atoms with Gasteiger partial charge in [0.2, 0.25) is 0 Å². The Balaban J connectivity index is 3.05. The fraction of sp³-hybridized carbons (Fsp3) is 0.500. The fourth-order valence-corrected chi connectivity index (χ4v) is 2.81. The first-order valence-corrected chi connectivity index (χ1v) is 9.61. The van der Waals surface area contributed by atoms with E-state index in [9.17, 15) is 5.11 Å². The molecule has 0 saturated heterocycles.